The van der Waals surface area contributed by atoms with E-state index in [1.807, 2.05) is 30.3 Å². The molecule has 0 saturated heterocycles. The molecule has 0 aliphatic carbocycles. The van der Waals surface area contributed by atoms with Crippen molar-refractivity contribution in [3.8, 4) is 16.9 Å². The molecule has 3 aromatic rings. The Balaban J connectivity index is 1.77. The summed E-state index contributed by atoms with van der Waals surface area (Å²) in [6.45, 7) is 0.396. The van der Waals surface area contributed by atoms with Crippen LogP contribution in [0.15, 0.2) is 54.7 Å². The molecule has 3 N–H and O–H groups in total. The highest BCUT2D eigenvalue weighted by Crippen LogP contribution is 2.29. The SMILES string of the molecule is Nc1[nH]ncc1-c1ccc(OCc2ccccc2)cc1F. The van der Waals surface area contributed by atoms with Gasteiger partial charge in [-0.05, 0) is 17.7 Å². The Hall–Kier alpha value is -2.82. The van der Waals surface area contributed by atoms with Gasteiger partial charge in [0.1, 0.15) is 24.0 Å². The van der Waals surface area contributed by atoms with Crippen LogP contribution in [0.4, 0.5) is 10.2 Å². The number of hydrogen-bond acceptors (Lipinski definition) is 3. The predicted octanol–water partition coefficient (Wildman–Crippen LogP) is 3.38. The Kier molecular flexibility index (Phi) is 3.55. The molecule has 21 heavy (non-hydrogen) atoms. The van der Waals surface area contributed by atoms with Crippen molar-refractivity contribution in [1.29, 1.82) is 0 Å². The molecule has 2 aromatic carbocycles. The van der Waals surface area contributed by atoms with Crippen molar-refractivity contribution in [2.24, 2.45) is 0 Å². The van der Waals surface area contributed by atoms with Crippen molar-refractivity contribution in [3.05, 3.63) is 66.1 Å². The molecule has 4 nitrogen and oxygen atoms in total. The van der Waals surface area contributed by atoms with E-state index in [-0.39, 0.29) is 0 Å². The maximum absolute atomic E-state index is 14.1. The second-order valence-electron chi connectivity index (χ2n) is 4.61. The van der Waals surface area contributed by atoms with E-state index in [1.54, 1.807) is 12.1 Å². The number of nitrogens with one attached hydrogen (secondary N) is 1. The van der Waals surface area contributed by atoms with E-state index in [2.05, 4.69) is 10.2 Å². The Morgan fingerprint density at radius 3 is 2.57 bits per heavy atom. The second-order valence-corrected chi connectivity index (χ2v) is 4.61. The Morgan fingerprint density at radius 2 is 1.90 bits per heavy atom. The minimum atomic E-state index is -0.395. The van der Waals surface area contributed by atoms with Crippen LogP contribution in [0, 0.1) is 5.82 Å². The Morgan fingerprint density at radius 1 is 1.10 bits per heavy atom. The number of halogens is 1. The second kappa shape index (κ2) is 5.66. The van der Waals surface area contributed by atoms with Gasteiger partial charge in [-0.1, -0.05) is 30.3 Å². The number of hydrogen-bond donors (Lipinski definition) is 2. The average Bonchev–Trinajstić information content (AvgIpc) is 2.92. The van der Waals surface area contributed by atoms with E-state index in [9.17, 15) is 4.39 Å². The summed E-state index contributed by atoms with van der Waals surface area (Å²) < 4.78 is 19.7. The first kappa shape index (κ1) is 13.2. The first-order valence-electron chi connectivity index (χ1n) is 6.49. The van der Waals surface area contributed by atoms with Crippen LogP contribution in [0.2, 0.25) is 0 Å². The number of rotatable bonds is 4. The van der Waals surface area contributed by atoms with Crippen molar-refractivity contribution in [1.82, 2.24) is 10.2 Å². The van der Waals surface area contributed by atoms with Gasteiger partial charge in [0.25, 0.3) is 0 Å². The van der Waals surface area contributed by atoms with Crippen LogP contribution in [0.3, 0.4) is 0 Å². The molecule has 1 heterocycles. The molecule has 5 heteroatoms. The van der Waals surface area contributed by atoms with Gasteiger partial charge in [0.05, 0.1) is 6.20 Å². The highest BCUT2D eigenvalue weighted by molar-refractivity contribution is 5.73. The third-order valence-electron chi connectivity index (χ3n) is 3.15. The molecular weight excluding hydrogens is 269 g/mol. The number of H-pyrrole nitrogens is 1. The fourth-order valence-corrected chi connectivity index (χ4v) is 2.06. The number of ether oxygens (including phenoxy) is 1. The normalized spacial score (nSPS) is 10.5. The number of aromatic nitrogens is 2. The topological polar surface area (TPSA) is 63.9 Å². The van der Waals surface area contributed by atoms with Crippen molar-refractivity contribution < 1.29 is 9.13 Å². The molecule has 0 unspecified atom stereocenters. The van der Waals surface area contributed by atoms with Gasteiger partial charge in [-0.15, -0.1) is 0 Å². The zero-order valence-corrected chi connectivity index (χ0v) is 11.2. The molecule has 0 aliphatic rings. The smallest absolute Gasteiger partial charge is 0.134 e. The lowest BCUT2D eigenvalue weighted by Gasteiger charge is -2.08. The lowest BCUT2D eigenvalue weighted by molar-refractivity contribution is 0.304. The summed E-state index contributed by atoms with van der Waals surface area (Å²) in [6.07, 6.45) is 1.50. The number of nitrogens with two attached hydrogens (primary N) is 1. The van der Waals surface area contributed by atoms with Gasteiger partial charge in [0.15, 0.2) is 0 Å². The van der Waals surface area contributed by atoms with Gasteiger partial charge < -0.3 is 10.5 Å². The summed E-state index contributed by atoms with van der Waals surface area (Å²) in [5, 5.41) is 6.38. The summed E-state index contributed by atoms with van der Waals surface area (Å²) in [6, 6.07) is 14.4. The van der Waals surface area contributed by atoms with Crippen LogP contribution in [-0.2, 0) is 6.61 Å². The zero-order chi connectivity index (χ0) is 14.7. The van der Waals surface area contributed by atoms with Gasteiger partial charge in [0, 0.05) is 17.2 Å². The Labute approximate surface area is 121 Å². The fraction of sp³-hybridized carbons (Fsp3) is 0.0625. The van der Waals surface area contributed by atoms with Crippen molar-refractivity contribution in [3.63, 3.8) is 0 Å². The van der Waals surface area contributed by atoms with Gasteiger partial charge in [-0.25, -0.2) is 4.39 Å². The number of nitrogens with zero attached hydrogens (tertiary/aromatic N) is 1. The lowest BCUT2D eigenvalue weighted by Crippen LogP contribution is -1.96. The van der Waals surface area contributed by atoms with Crippen molar-refractivity contribution >= 4 is 5.82 Å². The minimum absolute atomic E-state index is 0.340. The minimum Gasteiger partial charge on any atom is -0.489 e. The van der Waals surface area contributed by atoms with Crippen LogP contribution in [0.1, 0.15) is 5.56 Å². The first-order valence-corrected chi connectivity index (χ1v) is 6.49. The first-order chi connectivity index (χ1) is 10.2. The summed E-state index contributed by atoms with van der Waals surface area (Å²) in [4.78, 5) is 0. The van der Waals surface area contributed by atoms with Gasteiger partial charge in [0.2, 0.25) is 0 Å². The van der Waals surface area contributed by atoms with Crippen LogP contribution >= 0.6 is 0 Å². The number of anilines is 1. The maximum Gasteiger partial charge on any atom is 0.134 e. The van der Waals surface area contributed by atoms with Gasteiger partial charge in [-0.2, -0.15) is 5.10 Å². The molecule has 0 bridgehead atoms. The quantitative estimate of drug-likeness (QED) is 0.771. The molecule has 0 saturated carbocycles. The highest BCUT2D eigenvalue weighted by Gasteiger charge is 2.11. The van der Waals surface area contributed by atoms with Crippen LogP contribution in [0.5, 0.6) is 5.75 Å². The number of nitrogen functional groups attached to an aromatic ring is 1. The fourth-order valence-electron chi connectivity index (χ4n) is 2.06. The third-order valence-corrected chi connectivity index (χ3v) is 3.15. The predicted molar refractivity (Wildman–Crippen MR) is 79.2 cm³/mol. The van der Waals surface area contributed by atoms with Crippen LogP contribution in [-0.4, -0.2) is 10.2 Å². The molecule has 0 spiro atoms. The molecular formula is C16H14FN3O. The molecule has 3 rings (SSSR count). The number of aromatic amines is 1. The summed E-state index contributed by atoms with van der Waals surface area (Å²) in [5.41, 5.74) is 7.67. The van der Waals surface area contributed by atoms with E-state index in [0.717, 1.165) is 5.56 Å². The molecule has 106 valence electrons. The van der Waals surface area contributed by atoms with Crippen molar-refractivity contribution in [2.45, 2.75) is 6.61 Å². The largest absolute Gasteiger partial charge is 0.489 e. The molecule has 0 radical (unpaired) electrons. The summed E-state index contributed by atoms with van der Waals surface area (Å²) in [7, 11) is 0. The van der Waals surface area contributed by atoms with Crippen LogP contribution in [0.25, 0.3) is 11.1 Å². The molecule has 0 atom stereocenters. The standard InChI is InChI=1S/C16H14FN3O/c17-15-8-12(21-10-11-4-2-1-3-5-11)6-7-13(15)14-9-19-20-16(14)18/h1-9H,10H2,(H3,18,19,20). The lowest BCUT2D eigenvalue weighted by atomic mass is 10.1. The Bertz CT molecular complexity index is 740. The molecule has 0 amide bonds. The maximum atomic E-state index is 14.1. The summed E-state index contributed by atoms with van der Waals surface area (Å²) >= 11 is 0. The monoisotopic (exact) mass is 283 g/mol. The van der Waals surface area contributed by atoms with Crippen LogP contribution < -0.4 is 10.5 Å². The summed E-state index contributed by atoms with van der Waals surface area (Å²) in [5.74, 6) is 0.419. The zero-order valence-electron chi connectivity index (χ0n) is 11.2. The van der Waals surface area contributed by atoms with E-state index in [0.29, 0.717) is 29.3 Å². The average molecular weight is 283 g/mol. The molecule has 0 fully saturated rings. The number of benzene rings is 2. The van der Waals surface area contributed by atoms with Crippen molar-refractivity contribution in [2.75, 3.05) is 5.73 Å². The van der Waals surface area contributed by atoms with E-state index in [4.69, 9.17) is 10.5 Å². The molecule has 0 aliphatic heterocycles. The van der Waals surface area contributed by atoms with Gasteiger partial charge >= 0.3 is 0 Å². The van der Waals surface area contributed by atoms with E-state index in [1.165, 1.54) is 12.3 Å². The van der Waals surface area contributed by atoms with Gasteiger partial charge in [-0.3, -0.25) is 5.10 Å². The van der Waals surface area contributed by atoms with E-state index < -0.39 is 5.82 Å². The highest BCUT2D eigenvalue weighted by atomic mass is 19.1. The van der Waals surface area contributed by atoms with E-state index >= 15 is 0 Å². The third kappa shape index (κ3) is 2.86. The molecule has 1 aromatic heterocycles.